The maximum absolute atomic E-state index is 12.2. The maximum atomic E-state index is 12.2. The molecule has 0 saturated heterocycles. The van der Waals surface area contributed by atoms with Crippen molar-refractivity contribution in [3.63, 3.8) is 0 Å². The molecule has 7 nitrogen and oxygen atoms in total. The second-order valence-corrected chi connectivity index (χ2v) is 5.57. The Morgan fingerprint density at radius 2 is 2.00 bits per heavy atom. The number of aliphatic hydroxyl groups is 1. The Morgan fingerprint density at radius 1 is 1.16 bits per heavy atom. The summed E-state index contributed by atoms with van der Waals surface area (Å²) < 4.78 is 1.61. The summed E-state index contributed by atoms with van der Waals surface area (Å²) in [5.41, 5.74) is 2.47. The van der Waals surface area contributed by atoms with Gasteiger partial charge < -0.3 is 15.7 Å². The van der Waals surface area contributed by atoms with Crippen molar-refractivity contribution in [2.75, 3.05) is 11.9 Å². The normalized spacial score (nSPS) is 11.7. The first-order valence-corrected chi connectivity index (χ1v) is 7.93. The van der Waals surface area contributed by atoms with Gasteiger partial charge in [0.25, 0.3) is 0 Å². The van der Waals surface area contributed by atoms with Crippen LogP contribution in [-0.2, 0) is 6.42 Å². The second-order valence-electron chi connectivity index (χ2n) is 5.57. The molecule has 0 spiro atoms. The number of hydrogen-bond donors (Lipinski definition) is 3. The molecule has 0 aliphatic heterocycles. The third-order valence-electron chi connectivity index (χ3n) is 3.67. The topological polar surface area (TPSA) is 92.1 Å². The van der Waals surface area contributed by atoms with E-state index in [2.05, 4.69) is 20.9 Å². The number of carbonyl (C=O) groups is 1. The summed E-state index contributed by atoms with van der Waals surface area (Å²) in [6, 6.07) is 16.2. The molecule has 2 aromatic carbocycles. The summed E-state index contributed by atoms with van der Waals surface area (Å²) in [5.74, 6) is 0. The van der Waals surface area contributed by atoms with Crippen molar-refractivity contribution in [1.82, 2.24) is 20.3 Å². The monoisotopic (exact) mass is 337 g/mol. The number of amides is 2. The van der Waals surface area contributed by atoms with Gasteiger partial charge in [0.05, 0.1) is 30.7 Å². The van der Waals surface area contributed by atoms with Crippen LogP contribution < -0.4 is 10.6 Å². The van der Waals surface area contributed by atoms with E-state index in [4.69, 9.17) is 0 Å². The van der Waals surface area contributed by atoms with Gasteiger partial charge in [-0.3, -0.25) is 0 Å². The minimum atomic E-state index is -0.370. The molecule has 2 amide bonds. The Kier molecular flexibility index (Phi) is 5.38. The molecular weight excluding hydrogens is 318 g/mol. The third-order valence-corrected chi connectivity index (χ3v) is 3.67. The summed E-state index contributed by atoms with van der Waals surface area (Å²) in [5, 5.41) is 22.8. The smallest absolute Gasteiger partial charge is 0.319 e. The number of anilines is 1. The zero-order chi connectivity index (χ0) is 17.5. The van der Waals surface area contributed by atoms with E-state index in [-0.39, 0.29) is 18.7 Å². The molecule has 0 unspecified atom stereocenters. The van der Waals surface area contributed by atoms with E-state index in [1.54, 1.807) is 29.2 Å². The van der Waals surface area contributed by atoms with E-state index < -0.39 is 0 Å². The van der Waals surface area contributed by atoms with Gasteiger partial charge in [0, 0.05) is 5.69 Å². The molecule has 0 saturated carbocycles. The first-order chi connectivity index (χ1) is 12.2. The van der Waals surface area contributed by atoms with E-state index in [1.807, 2.05) is 42.5 Å². The van der Waals surface area contributed by atoms with Crippen LogP contribution in [0.4, 0.5) is 10.5 Å². The molecule has 1 atom stereocenters. The number of rotatable bonds is 6. The molecule has 7 heteroatoms. The lowest BCUT2D eigenvalue weighted by atomic mass is 10.1. The molecule has 3 N–H and O–H groups in total. The van der Waals surface area contributed by atoms with E-state index >= 15 is 0 Å². The average Bonchev–Trinajstić information content (AvgIpc) is 3.17. The third kappa shape index (κ3) is 4.65. The van der Waals surface area contributed by atoms with Crippen molar-refractivity contribution in [3.05, 3.63) is 72.6 Å². The molecule has 0 radical (unpaired) electrons. The molecule has 0 aliphatic carbocycles. The Labute approximate surface area is 145 Å². The fourth-order valence-corrected chi connectivity index (χ4v) is 2.48. The molecule has 1 heterocycles. The first kappa shape index (κ1) is 16.7. The van der Waals surface area contributed by atoms with E-state index in [1.165, 1.54) is 0 Å². The number of carbonyl (C=O) groups excluding carboxylic acids is 1. The fourth-order valence-electron chi connectivity index (χ4n) is 2.48. The number of hydrogen-bond acceptors (Lipinski definition) is 4. The van der Waals surface area contributed by atoms with Crippen LogP contribution in [0.5, 0.6) is 0 Å². The number of nitrogens with zero attached hydrogens (tertiary/aromatic N) is 3. The van der Waals surface area contributed by atoms with Crippen LogP contribution in [0.2, 0.25) is 0 Å². The Hall–Kier alpha value is -3.19. The van der Waals surface area contributed by atoms with E-state index in [0.717, 1.165) is 11.3 Å². The SMILES string of the molecule is O=C(Nc1cccc(-n2ccnn2)c1)N[C@H](CO)Cc1ccccc1. The maximum Gasteiger partial charge on any atom is 0.319 e. The van der Waals surface area contributed by atoms with Crippen LogP contribution >= 0.6 is 0 Å². The van der Waals surface area contributed by atoms with Crippen molar-refractivity contribution in [1.29, 1.82) is 0 Å². The lowest BCUT2D eigenvalue weighted by Crippen LogP contribution is -2.41. The fraction of sp³-hybridized carbons (Fsp3) is 0.167. The lowest BCUT2D eigenvalue weighted by molar-refractivity contribution is 0.224. The highest BCUT2D eigenvalue weighted by atomic mass is 16.3. The van der Waals surface area contributed by atoms with Crippen LogP contribution in [0.15, 0.2) is 67.0 Å². The van der Waals surface area contributed by atoms with Gasteiger partial charge in [0.2, 0.25) is 0 Å². The van der Waals surface area contributed by atoms with Crippen molar-refractivity contribution >= 4 is 11.7 Å². The average molecular weight is 337 g/mol. The van der Waals surface area contributed by atoms with Crippen LogP contribution in [0.25, 0.3) is 5.69 Å². The molecule has 0 bridgehead atoms. The number of aromatic nitrogens is 3. The summed E-state index contributed by atoms with van der Waals surface area (Å²) in [4.78, 5) is 12.2. The molecular formula is C18H19N5O2. The van der Waals surface area contributed by atoms with Crippen LogP contribution in [-0.4, -0.2) is 38.8 Å². The zero-order valence-corrected chi connectivity index (χ0v) is 13.5. The summed E-state index contributed by atoms with van der Waals surface area (Å²) in [6.07, 6.45) is 3.87. The van der Waals surface area contributed by atoms with Crippen LogP contribution in [0.1, 0.15) is 5.56 Å². The predicted molar refractivity (Wildman–Crippen MR) is 94.5 cm³/mol. The number of aliphatic hydroxyl groups excluding tert-OH is 1. The molecule has 0 fully saturated rings. The molecule has 25 heavy (non-hydrogen) atoms. The summed E-state index contributed by atoms with van der Waals surface area (Å²) in [6.45, 7) is -0.138. The molecule has 3 aromatic rings. The standard InChI is InChI=1S/C18H19N5O2/c24-13-16(11-14-5-2-1-3-6-14)21-18(25)20-15-7-4-8-17(12-15)23-10-9-19-22-23/h1-10,12,16,24H,11,13H2,(H2,20,21,25)/t16-/m0/s1. The van der Waals surface area contributed by atoms with Gasteiger partial charge >= 0.3 is 6.03 Å². The van der Waals surface area contributed by atoms with Gasteiger partial charge in [-0.15, -0.1) is 5.10 Å². The van der Waals surface area contributed by atoms with Gasteiger partial charge in [-0.2, -0.15) is 0 Å². The zero-order valence-electron chi connectivity index (χ0n) is 13.5. The van der Waals surface area contributed by atoms with Gasteiger partial charge in [-0.25, -0.2) is 9.48 Å². The lowest BCUT2D eigenvalue weighted by Gasteiger charge is -2.17. The Bertz CT molecular complexity index is 805. The van der Waals surface area contributed by atoms with Crippen molar-refractivity contribution in [2.45, 2.75) is 12.5 Å². The highest BCUT2D eigenvalue weighted by Gasteiger charge is 2.12. The van der Waals surface area contributed by atoms with Crippen molar-refractivity contribution < 1.29 is 9.90 Å². The van der Waals surface area contributed by atoms with Gasteiger partial charge in [0.15, 0.2) is 0 Å². The van der Waals surface area contributed by atoms with E-state index in [0.29, 0.717) is 12.1 Å². The van der Waals surface area contributed by atoms with Crippen LogP contribution in [0.3, 0.4) is 0 Å². The minimum Gasteiger partial charge on any atom is -0.394 e. The number of benzene rings is 2. The summed E-state index contributed by atoms with van der Waals surface area (Å²) in [7, 11) is 0. The van der Waals surface area contributed by atoms with E-state index in [9.17, 15) is 9.90 Å². The molecule has 0 aliphatic rings. The van der Waals surface area contributed by atoms with Crippen molar-refractivity contribution in [3.8, 4) is 5.69 Å². The largest absolute Gasteiger partial charge is 0.394 e. The van der Waals surface area contributed by atoms with Crippen LogP contribution in [0, 0.1) is 0 Å². The highest BCUT2D eigenvalue weighted by Crippen LogP contribution is 2.13. The predicted octanol–water partition coefficient (Wildman–Crippen LogP) is 1.99. The molecule has 1 aromatic heterocycles. The Balaban J connectivity index is 1.61. The number of urea groups is 1. The molecule has 128 valence electrons. The molecule has 3 rings (SSSR count). The quantitative estimate of drug-likeness (QED) is 0.641. The minimum absolute atomic E-state index is 0.138. The first-order valence-electron chi connectivity index (χ1n) is 7.93. The van der Waals surface area contributed by atoms with Gasteiger partial charge in [0.1, 0.15) is 0 Å². The van der Waals surface area contributed by atoms with Crippen molar-refractivity contribution in [2.24, 2.45) is 0 Å². The van der Waals surface area contributed by atoms with Gasteiger partial charge in [-0.1, -0.05) is 41.6 Å². The highest BCUT2D eigenvalue weighted by molar-refractivity contribution is 5.89. The van der Waals surface area contributed by atoms with Gasteiger partial charge in [-0.05, 0) is 30.2 Å². The second kappa shape index (κ2) is 8.07. The summed E-state index contributed by atoms with van der Waals surface area (Å²) >= 11 is 0. The Morgan fingerprint density at radius 3 is 2.72 bits per heavy atom. The number of nitrogens with one attached hydrogen (secondary N) is 2.